The average Bonchev–Trinajstić information content (AvgIpc) is 2.85. The van der Waals surface area contributed by atoms with Crippen LogP contribution in [0.1, 0.15) is 17.5 Å². The van der Waals surface area contributed by atoms with Crippen LogP contribution >= 0.6 is 0 Å². The summed E-state index contributed by atoms with van der Waals surface area (Å²) >= 11 is 0. The summed E-state index contributed by atoms with van der Waals surface area (Å²) in [5, 5.41) is 6.85. The van der Waals surface area contributed by atoms with E-state index in [0.29, 0.717) is 37.7 Å². The number of fused-ring (bicyclic) bond motifs is 1. The molecule has 3 aromatic rings. The van der Waals surface area contributed by atoms with Crippen molar-refractivity contribution in [2.45, 2.75) is 25.6 Å². The first-order chi connectivity index (χ1) is 16.1. The molecule has 2 N–H and O–H groups in total. The van der Waals surface area contributed by atoms with Gasteiger partial charge in [0.15, 0.2) is 0 Å². The smallest absolute Gasteiger partial charge is 0.237 e. The fourth-order valence-corrected chi connectivity index (χ4v) is 4.06. The number of amides is 2. The van der Waals surface area contributed by atoms with Gasteiger partial charge in [-0.15, -0.1) is 0 Å². The minimum Gasteiger partial charge on any atom is -0.497 e. The molecular formula is C25H28N4O4. The number of nitrogens with zero attached hydrogens (tertiary/aromatic N) is 2. The molecule has 1 atom stereocenters. The van der Waals surface area contributed by atoms with Crippen molar-refractivity contribution in [3.05, 3.63) is 65.9 Å². The first-order valence-electron chi connectivity index (χ1n) is 10.9. The van der Waals surface area contributed by atoms with Crippen LogP contribution in [0.5, 0.6) is 11.5 Å². The minimum absolute atomic E-state index is 0.0828. The third kappa shape index (κ3) is 5.40. The summed E-state index contributed by atoms with van der Waals surface area (Å²) in [6.45, 7) is 2.08. The van der Waals surface area contributed by atoms with Crippen LogP contribution in [0.4, 0.5) is 0 Å². The van der Waals surface area contributed by atoms with Gasteiger partial charge < -0.3 is 20.1 Å². The third-order valence-electron chi connectivity index (χ3n) is 5.85. The van der Waals surface area contributed by atoms with Crippen LogP contribution < -0.4 is 20.1 Å². The summed E-state index contributed by atoms with van der Waals surface area (Å²) in [6, 6.07) is 14.8. The Hall–Kier alpha value is -3.65. The molecule has 2 amide bonds. The molecule has 0 aliphatic carbocycles. The molecule has 0 bridgehead atoms. The Morgan fingerprint density at radius 1 is 1.18 bits per heavy atom. The topological polar surface area (TPSA) is 92.8 Å². The van der Waals surface area contributed by atoms with E-state index >= 15 is 0 Å². The summed E-state index contributed by atoms with van der Waals surface area (Å²) in [6.07, 6.45) is 1.84. The van der Waals surface area contributed by atoms with Gasteiger partial charge in [-0.3, -0.25) is 19.5 Å². The van der Waals surface area contributed by atoms with Crippen LogP contribution in [0.15, 0.2) is 54.7 Å². The molecule has 0 radical (unpaired) electrons. The number of methoxy groups -OCH3 is 2. The molecule has 172 valence electrons. The highest BCUT2D eigenvalue weighted by Gasteiger charge is 2.32. The Labute approximate surface area is 192 Å². The molecule has 0 saturated carbocycles. The van der Waals surface area contributed by atoms with E-state index in [1.54, 1.807) is 20.4 Å². The Morgan fingerprint density at radius 3 is 2.88 bits per heavy atom. The number of benzene rings is 2. The third-order valence-corrected chi connectivity index (χ3v) is 5.85. The summed E-state index contributed by atoms with van der Waals surface area (Å²) in [7, 11) is 3.21. The first kappa shape index (κ1) is 22.5. The largest absolute Gasteiger partial charge is 0.497 e. The van der Waals surface area contributed by atoms with E-state index in [1.807, 2.05) is 53.4 Å². The number of hydrogen-bond donors (Lipinski definition) is 2. The second-order valence-electron chi connectivity index (χ2n) is 7.97. The van der Waals surface area contributed by atoms with Gasteiger partial charge in [0, 0.05) is 49.4 Å². The molecular weight excluding hydrogens is 420 g/mol. The number of piperazine rings is 1. The lowest BCUT2D eigenvalue weighted by Gasteiger charge is -2.35. The molecule has 1 aliphatic rings. The quantitative estimate of drug-likeness (QED) is 0.549. The van der Waals surface area contributed by atoms with Crippen LogP contribution in [0.2, 0.25) is 0 Å². The van der Waals surface area contributed by atoms with E-state index < -0.39 is 6.04 Å². The number of carbonyl (C=O) groups excluding carboxylic acids is 2. The maximum atomic E-state index is 12.7. The van der Waals surface area contributed by atoms with Gasteiger partial charge in [-0.05, 0) is 29.8 Å². The van der Waals surface area contributed by atoms with Crippen molar-refractivity contribution in [2.24, 2.45) is 0 Å². The molecule has 4 rings (SSSR count). The lowest BCUT2D eigenvalue weighted by molar-refractivity contribution is -0.134. The van der Waals surface area contributed by atoms with Crippen molar-refractivity contribution in [2.75, 3.05) is 27.3 Å². The number of pyridine rings is 1. The lowest BCUT2D eigenvalue weighted by Crippen LogP contribution is -2.56. The Kier molecular flexibility index (Phi) is 7.04. The number of carbonyl (C=O) groups is 2. The van der Waals surface area contributed by atoms with Gasteiger partial charge in [0.25, 0.3) is 0 Å². The van der Waals surface area contributed by atoms with Gasteiger partial charge in [0.05, 0.1) is 32.2 Å². The molecule has 2 aromatic carbocycles. The molecule has 33 heavy (non-hydrogen) atoms. The zero-order valence-electron chi connectivity index (χ0n) is 18.8. The highest BCUT2D eigenvalue weighted by molar-refractivity contribution is 5.89. The predicted molar refractivity (Wildman–Crippen MR) is 125 cm³/mol. The Bertz CT molecular complexity index is 1150. The van der Waals surface area contributed by atoms with Crippen LogP contribution in [0.3, 0.4) is 0 Å². The minimum atomic E-state index is -0.550. The van der Waals surface area contributed by atoms with Gasteiger partial charge >= 0.3 is 0 Å². The van der Waals surface area contributed by atoms with Crippen molar-refractivity contribution in [1.29, 1.82) is 0 Å². The Balaban J connectivity index is 1.41. The van der Waals surface area contributed by atoms with E-state index in [1.165, 1.54) is 0 Å². The zero-order chi connectivity index (χ0) is 23.2. The second-order valence-corrected chi connectivity index (χ2v) is 7.97. The fraction of sp³-hybridized carbons (Fsp3) is 0.320. The standard InChI is InChI=1S/C25H28N4O4/c1-32-20-7-6-19(23(13-20)33-2)16-29-11-10-27-25(31)22(29)14-24(30)28-15-17-5-8-21-18(12-17)4-3-9-26-21/h3-9,12-13,22H,10-11,14-16H2,1-2H3,(H,27,31)(H,28,30). The summed E-state index contributed by atoms with van der Waals surface area (Å²) in [4.78, 5) is 31.7. The SMILES string of the molecule is COc1ccc(CN2CCNC(=O)C2CC(=O)NCc2ccc3ncccc3c2)c(OC)c1. The van der Waals surface area contributed by atoms with Crippen molar-refractivity contribution in [3.63, 3.8) is 0 Å². The van der Waals surface area contributed by atoms with Gasteiger partial charge in [-0.2, -0.15) is 0 Å². The molecule has 1 aliphatic heterocycles. The van der Waals surface area contributed by atoms with Crippen LogP contribution in [0.25, 0.3) is 10.9 Å². The van der Waals surface area contributed by atoms with Crippen molar-refractivity contribution in [1.82, 2.24) is 20.5 Å². The summed E-state index contributed by atoms with van der Waals surface area (Å²) < 4.78 is 10.8. The molecule has 0 spiro atoms. The maximum Gasteiger partial charge on any atom is 0.237 e. The number of hydrogen-bond acceptors (Lipinski definition) is 6. The summed E-state index contributed by atoms with van der Waals surface area (Å²) in [5.41, 5.74) is 2.83. The molecule has 8 heteroatoms. The predicted octanol–water partition coefficient (Wildman–Crippen LogP) is 2.26. The van der Waals surface area contributed by atoms with E-state index in [-0.39, 0.29) is 18.2 Å². The highest BCUT2D eigenvalue weighted by atomic mass is 16.5. The van der Waals surface area contributed by atoms with Crippen LogP contribution in [-0.4, -0.2) is 55.0 Å². The highest BCUT2D eigenvalue weighted by Crippen LogP contribution is 2.27. The molecule has 8 nitrogen and oxygen atoms in total. The number of nitrogens with one attached hydrogen (secondary N) is 2. The van der Waals surface area contributed by atoms with Gasteiger partial charge in [-0.25, -0.2) is 0 Å². The van der Waals surface area contributed by atoms with E-state index in [2.05, 4.69) is 15.6 Å². The van der Waals surface area contributed by atoms with Gasteiger partial charge in [0.2, 0.25) is 11.8 Å². The van der Waals surface area contributed by atoms with Gasteiger partial charge in [-0.1, -0.05) is 18.2 Å². The molecule has 1 fully saturated rings. The van der Waals surface area contributed by atoms with Crippen LogP contribution in [0, 0.1) is 0 Å². The molecule has 1 saturated heterocycles. The molecule has 1 aromatic heterocycles. The van der Waals surface area contributed by atoms with E-state index in [9.17, 15) is 9.59 Å². The van der Waals surface area contributed by atoms with Crippen molar-refractivity contribution < 1.29 is 19.1 Å². The molecule has 2 heterocycles. The first-order valence-corrected chi connectivity index (χ1v) is 10.9. The fourth-order valence-electron chi connectivity index (χ4n) is 4.06. The molecule has 1 unspecified atom stereocenters. The Morgan fingerprint density at radius 2 is 2.06 bits per heavy atom. The number of aromatic nitrogens is 1. The average molecular weight is 449 g/mol. The number of ether oxygens (including phenoxy) is 2. The van der Waals surface area contributed by atoms with E-state index in [4.69, 9.17) is 9.47 Å². The van der Waals surface area contributed by atoms with Crippen LogP contribution in [-0.2, 0) is 22.7 Å². The zero-order valence-corrected chi connectivity index (χ0v) is 18.8. The van der Waals surface area contributed by atoms with Gasteiger partial charge in [0.1, 0.15) is 11.5 Å². The monoisotopic (exact) mass is 448 g/mol. The second kappa shape index (κ2) is 10.3. The number of rotatable bonds is 8. The van der Waals surface area contributed by atoms with Crippen molar-refractivity contribution in [3.8, 4) is 11.5 Å². The van der Waals surface area contributed by atoms with E-state index in [0.717, 1.165) is 22.0 Å². The maximum absolute atomic E-state index is 12.7. The lowest BCUT2D eigenvalue weighted by atomic mass is 10.1. The summed E-state index contributed by atoms with van der Waals surface area (Å²) in [5.74, 6) is 1.08. The van der Waals surface area contributed by atoms with Crippen molar-refractivity contribution >= 4 is 22.7 Å². The normalized spacial score (nSPS) is 16.3.